The van der Waals surface area contributed by atoms with Crippen molar-refractivity contribution in [3.63, 3.8) is 0 Å². The number of nitrogens with zero attached hydrogens (tertiary/aromatic N) is 2. The van der Waals surface area contributed by atoms with Crippen LogP contribution in [-0.4, -0.2) is 103 Å². The van der Waals surface area contributed by atoms with E-state index in [9.17, 15) is 19.8 Å². The van der Waals surface area contributed by atoms with Crippen molar-refractivity contribution in [2.24, 2.45) is 0 Å². The van der Waals surface area contributed by atoms with Crippen LogP contribution in [0.1, 0.15) is 342 Å². The predicted molar refractivity (Wildman–Crippen MR) is 325 cm³/mol. The number of aliphatic hydroxyl groups excluding tert-OH is 2. The Morgan fingerprint density at radius 3 is 1.01 bits per heavy atom. The molecule has 0 aromatic heterocycles. The van der Waals surface area contributed by atoms with Crippen molar-refractivity contribution in [2.45, 2.75) is 355 Å². The highest BCUT2D eigenvalue weighted by Gasteiger charge is 2.15. The van der Waals surface area contributed by atoms with Gasteiger partial charge >= 0.3 is 0 Å². The summed E-state index contributed by atoms with van der Waals surface area (Å²) in [5, 5.41) is 29.0. The zero-order valence-electron chi connectivity index (χ0n) is 50.8. The molecule has 8 nitrogen and oxygen atoms in total. The van der Waals surface area contributed by atoms with Crippen LogP contribution in [0.15, 0.2) is 0 Å². The number of rotatable bonds is 64. The third kappa shape index (κ3) is 57.1. The van der Waals surface area contributed by atoms with Crippen molar-refractivity contribution < 1.29 is 19.8 Å². The zero-order valence-corrected chi connectivity index (χ0v) is 50.8. The van der Waals surface area contributed by atoms with Crippen LogP contribution in [0.3, 0.4) is 0 Å². The van der Waals surface area contributed by atoms with Gasteiger partial charge in [0.05, 0.1) is 12.2 Å². The van der Waals surface area contributed by atoms with Gasteiger partial charge in [-0.3, -0.25) is 9.59 Å². The first-order valence-electron chi connectivity index (χ1n) is 33.7. The van der Waals surface area contributed by atoms with E-state index in [0.29, 0.717) is 38.3 Å². The molecule has 0 aromatic carbocycles. The molecule has 2 unspecified atom stereocenters. The molecule has 8 heteroatoms. The quantitative estimate of drug-likeness (QED) is 0.0450. The molecule has 4 N–H and O–H groups in total. The van der Waals surface area contributed by atoms with Gasteiger partial charge in [-0.1, -0.05) is 272 Å². The van der Waals surface area contributed by atoms with Gasteiger partial charge in [-0.2, -0.15) is 0 Å². The van der Waals surface area contributed by atoms with Gasteiger partial charge in [-0.15, -0.1) is 0 Å². The smallest absolute Gasteiger partial charge is 0.221 e. The van der Waals surface area contributed by atoms with Crippen LogP contribution in [0.4, 0.5) is 0 Å². The Morgan fingerprint density at radius 1 is 0.338 bits per heavy atom. The van der Waals surface area contributed by atoms with E-state index in [-0.39, 0.29) is 12.0 Å². The maximum Gasteiger partial charge on any atom is 0.221 e. The molecular formula is C66H134N4O4. The van der Waals surface area contributed by atoms with E-state index in [1.165, 1.54) is 250 Å². The molecule has 0 saturated carbocycles. The van der Waals surface area contributed by atoms with Crippen LogP contribution in [0.2, 0.25) is 0 Å². The standard InChI is InChI=1S/C66H134N4O4/c1-5-9-13-17-21-25-27-29-32-36-40-46-56-69(61-64(72)52-44-43-51-63(71)50-42-38-34-31-23-19-15-11-7-3)58-48-49-59-70(57-47-41-37-33-30-28-26-22-18-14-10-6-2)62-65(73)60-67-55-53-66(74)68-54-45-39-35-24-20-16-12-8-4/h64-65,67,72-73H,5-62H2,1-4H3,(H,68,74). The summed E-state index contributed by atoms with van der Waals surface area (Å²) in [4.78, 5) is 30.2. The Labute approximate surface area is 463 Å². The van der Waals surface area contributed by atoms with Crippen LogP contribution in [0.5, 0.6) is 0 Å². The molecular weight excluding hydrogens is 913 g/mol. The van der Waals surface area contributed by atoms with Crippen LogP contribution < -0.4 is 10.6 Å². The Bertz CT molecular complexity index is 1030. The molecule has 0 radical (unpaired) electrons. The number of Topliss-reactive ketones (excluding diaryl/α,β-unsaturated/α-hetero) is 1. The summed E-state index contributed by atoms with van der Waals surface area (Å²) in [6, 6.07) is 0. The first-order valence-corrected chi connectivity index (χ1v) is 33.7. The summed E-state index contributed by atoms with van der Waals surface area (Å²) >= 11 is 0. The minimum atomic E-state index is -0.463. The Morgan fingerprint density at radius 2 is 0.635 bits per heavy atom. The lowest BCUT2D eigenvalue weighted by Crippen LogP contribution is -2.40. The highest BCUT2D eigenvalue weighted by molar-refractivity contribution is 5.78. The topological polar surface area (TPSA) is 105 Å². The monoisotopic (exact) mass is 1050 g/mol. The van der Waals surface area contributed by atoms with Gasteiger partial charge in [-0.25, -0.2) is 0 Å². The maximum absolute atomic E-state index is 12.6. The molecule has 0 spiro atoms. The molecule has 0 saturated heterocycles. The number of carbonyl (C=O) groups excluding carboxylic acids is 2. The van der Waals surface area contributed by atoms with Crippen LogP contribution in [0.25, 0.3) is 0 Å². The molecule has 0 aliphatic carbocycles. The van der Waals surface area contributed by atoms with Gasteiger partial charge in [-0.05, 0) is 77.5 Å². The molecule has 0 heterocycles. The number of aliphatic hydroxyl groups is 2. The van der Waals surface area contributed by atoms with Gasteiger partial charge in [0, 0.05) is 52.0 Å². The fourth-order valence-electron chi connectivity index (χ4n) is 10.9. The molecule has 0 aromatic rings. The van der Waals surface area contributed by atoms with Crippen molar-refractivity contribution in [1.29, 1.82) is 0 Å². The lowest BCUT2D eigenvalue weighted by molar-refractivity contribution is -0.121. The van der Waals surface area contributed by atoms with Crippen LogP contribution in [-0.2, 0) is 9.59 Å². The molecule has 1 amide bonds. The maximum atomic E-state index is 12.6. The first kappa shape index (κ1) is 72.9. The van der Waals surface area contributed by atoms with Crippen LogP contribution >= 0.6 is 0 Å². The van der Waals surface area contributed by atoms with E-state index < -0.39 is 6.10 Å². The number of unbranched alkanes of at least 4 members (excludes halogenated alkanes) is 39. The van der Waals surface area contributed by atoms with E-state index >= 15 is 0 Å². The third-order valence-electron chi connectivity index (χ3n) is 15.9. The number of carbonyl (C=O) groups is 2. The predicted octanol–water partition coefficient (Wildman–Crippen LogP) is 17.8. The van der Waals surface area contributed by atoms with Crippen molar-refractivity contribution in [1.82, 2.24) is 20.4 Å². The summed E-state index contributed by atoms with van der Waals surface area (Å²) in [5.74, 6) is 0.520. The second-order valence-corrected chi connectivity index (χ2v) is 23.5. The summed E-state index contributed by atoms with van der Waals surface area (Å²) < 4.78 is 0. The highest BCUT2D eigenvalue weighted by Crippen LogP contribution is 2.17. The second kappa shape index (κ2) is 61.2. The Balaban J connectivity index is 5.02. The number of nitrogens with one attached hydrogen (secondary N) is 2. The van der Waals surface area contributed by atoms with Crippen LogP contribution in [0, 0.1) is 0 Å². The van der Waals surface area contributed by atoms with E-state index in [1.54, 1.807) is 0 Å². The Kier molecular flexibility index (Phi) is 60.3. The lowest BCUT2D eigenvalue weighted by atomic mass is 10.0. The number of amides is 1. The van der Waals surface area contributed by atoms with Gasteiger partial charge in [0.25, 0.3) is 0 Å². The summed E-state index contributed by atoms with van der Waals surface area (Å²) in [6.07, 6.45) is 59.9. The number of ketones is 1. The third-order valence-corrected chi connectivity index (χ3v) is 15.9. The van der Waals surface area contributed by atoms with Gasteiger partial charge in [0.2, 0.25) is 5.91 Å². The number of hydrogen-bond acceptors (Lipinski definition) is 7. The fraction of sp³-hybridized carbons (Fsp3) is 0.970. The van der Waals surface area contributed by atoms with Gasteiger partial charge in [0.1, 0.15) is 5.78 Å². The average molecular weight is 1050 g/mol. The van der Waals surface area contributed by atoms with Gasteiger partial charge < -0.3 is 30.6 Å². The van der Waals surface area contributed by atoms with E-state index in [0.717, 1.165) is 90.6 Å². The normalized spacial score (nSPS) is 12.6. The summed E-state index contributed by atoms with van der Waals surface area (Å²) in [5.41, 5.74) is 0. The van der Waals surface area contributed by atoms with Gasteiger partial charge in [0.15, 0.2) is 0 Å². The SMILES string of the molecule is CCCCCCCCCCCCCCN(CCCCN(CCCCCCCCCCCCCC)CC(O)CNCCC(=O)NCCCCCCCCCC)CC(O)CCCCC(=O)CCCCCCCCCCC. The lowest BCUT2D eigenvalue weighted by Gasteiger charge is -2.27. The Hall–Kier alpha value is -1.06. The molecule has 2 atom stereocenters. The molecule has 442 valence electrons. The minimum absolute atomic E-state index is 0.107. The zero-order chi connectivity index (χ0) is 53.9. The van der Waals surface area contributed by atoms with E-state index in [1.807, 2.05) is 0 Å². The molecule has 0 fully saturated rings. The molecule has 74 heavy (non-hydrogen) atoms. The van der Waals surface area contributed by atoms with Crippen molar-refractivity contribution in [3.05, 3.63) is 0 Å². The highest BCUT2D eigenvalue weighted by atomic mass is 16.3. The minimum Gasteiger partial charge on any atom is -0.392 e. The first-order chi connectivity index (χ1) is 36.4. The van der Waals surface area contributed by atoms with Crippen molar-refractivity contribution in [3.8, 4) is 0 Å². The fourth-order valence-corrected chi connectivity index (χ4v) is 10.9. The van der Waals surface area contributed by atoms with E-state index in [4.69, 9.17) is 0 Å². The average Bonchev–Trinajstić information content (AvgIpc) is 3.39. The second-order valence-electron chi connectivity index (χ2n) is 23.5. The molecule has 0 rings (SSSR count). The molecule has 0 aliphatic rings. The molecule has 0 aliphatic heterocycles. The summed E-state index contributed by atoms with van der Waals surface area (Å²) in [6.45, 7) is 16.5. The van der Waals surface area contributed by atoms with E-state index in [2.05, 4.69) is 48.1 Å². The number of hydrogen-bond donors (Lipinski definition) is 4. The van der Waals surface area contributed by atoms with Crippen molar-refractivity contribution in [2.75, 3.05) is 58.9 Å². The summed E-state index contributed by atoms with van der Waals surface area (Å²) in [7, 11) is 0. The van der Waals surface area contributed by atoms with Crippen molar-refractivity contribution >= 4 is 11.7 Å². The molecule has 0 bridgehead atoms. The largest absolute Gasteiger partial charge is 0.392 e.